The Morgan fingerprint density at radius 3 is 2.25 bits per heavy atom. The molecule has 1 fully saturated rings. The van der Waals surface area contributed by atoms with Gasteiger partial charge in [-0.2, -0.15) is 23.5 Å². The Hall–Kier alpha value is -2.97. The summed E-state index contributed by atoms with van der Waals surface area (Å²) in [6, 6.07) is 5.37. The van der Waals surface area contributed by atoms with Gasteiger partial charge in [0, 0.05) is 19.1 Å². The van der Waals surface area contributed by atoms with Crippen LogP contribution in [0.3, 0.4) is 0 Å². The van der Waals surface area contributed by atoms with Crippen LogP contribution >= 0.6 is 23.5 Å². The van der Waals surface area contributed by atoms with Gasteiger partial charge in [0.1, 0.15) is 42.5 Å². The minimum atomic E-state index is -1.58. The number of aliphatic carboxylic acids is 1. The van der Waals surface area contributed by atoms with E-state index < -0.39 is 91.6 Å². The molecule has 1 aliphatic heterocycles. The Morgan fingerprint density at radius 2 is 1.62 bits per heavy atom. The van der Waals surface area contributed by atoms with Gasteiger partial charge in [-0.1, -0.05) is 30.3 Å². The first-order valence-corrected chi connectivity index (χ1v) is 17.8. The molecule has 1 saturated heterocycles. The molecule has 0 spiro atoms. The minimum absolute atomic E-state index is 0.00164. The second-order valence-corrected chi connectivity index (χ2v) is 13.1. The van der Waals surface area contributed by atoms with E-state index in [9.17, 15) is 49.5 Å². The Balaban J connectivity index is 1.99. The van der Waals surface area contributed by atoms with Crippen molar-refractivity contribution in [3.63, 3.8) is 0 Å². The van der Waals surface area contributed by atoms with E-state index in [4.69, 9.17) is 9.47 Å². The molecule has 9 N–H and O–H groups in total. The zero-order valence-corrected chi connectivity index (χ0v) is 28.4. The first kappa shape index (κ1) is 41.2. The highest BCUT2D eigenvalue weighted by Gasteiger charge is 2.44. The number of carboxylic acid groups (broad SMARTS) is 1. The van der Waals surface area contributed by atoms with Crippen LogP contribution in [0.15, 0.2) is 30.3 Å². The van der Waals surface area contributed by atoms with Crippen molar-refractivity contribution in [2.45, 2.75) is 75.0 Å². The molecule has 1 aromatic rings. The molecule has 270 valence electrons. The number of amides is 4. The topological polar surface area (TPSA) is 253 Å². The molecule has 48 heavy (non-hydrogen) atoms. The van der Waals surface area contributed by atoms with E-state index in [-0.39, 0.29) is 18.8 Å². The lowest BCUT2D eigenvalue weighted by atomic mass is 9.99. The minimum Gasteiger partial charge on any atom is -0.480 e. The number of carbonyl (C=O) groups excluding carboxylic acids is 4. The summed E-state index contributed by atoms with van der Waals surface area (Å²) < 4.78 is 10.8. The summed E-state index contributed by atoms with van der Waals surface area (Å²) in [4.78, 5) is 62.2. The fourth-order valence-electron chi connectivity index (χ4n) is 4.56. The van der Waals surface area contributed by atoms with Gasteiger partial charge in [-0.3, -0.25) is 19.2 Å². The van der Waals surface area contributed by atoms with E-state index in [1.807, 2.05) is 6.26 Å². The number of benzene rings is 1. The van der Waals surface area contributed by atoms with Crippen LogP contribution in [0.25, 0.3) is 0 Å². The summed E-state index contributed by atoms with van der Waals surface area (Å²) in [5.41, 5.74) is 0.678. The monoisotopic (exact) mass is 718 g/mol. The molecule has 0 saturated carbocycles. The van der Waals surface area contributed by atoms with E-state index in [1.54, 1.807) is 30.3 Å². The predicted octanol–water partition coefficient (Wildman–Crippen LogP) is -2.40. The standard InChI is InChI=1S/C30H46N4O12S2/c1-17(36)32-19(9-12-47-2)27(41)31-14-23(37)33-21(28(42)34-20(29(43)44)13-18-7-4-3-5-8-18)16-48-11-6-10-45-30-26(40)25(39)24(38)22(15-35)46-30/h3-5,7-8,19-22,24-26,30,35,38-40H,6,9-16H2,1-2H3,(H,31,41)(H,32,36)(H,33,37)(H,34,42)(H,43,44)/t19-,20-,21-,22+,24+,25-,26+,30+/m0/s1. The molecule has 0 unspecified atom stereocenters. The van der Waals surface area contributed by atoms with Crippen molar-refractivity contribution in [2.75, 3.05) is 43.3 Å². The average molecular weight is 719 g/mol. The number of rotatable bonds is 21. The fourth-order valence-corrected chi connectivity index (χ4v) is 5.99. The van der Waals surface area contributed by atoms with Gasteiger partial charge in [0.15, 0.2) is 6.29 Å². The average Bonchev–Trinajstić information content (AvgIpc) is 3.06. The Kier molecular flexibility index (Phi) is 18.8. The van der Waals surface area contributed by atoms with Crippen molar-refractivity contribution in [1.82, 2.24) is 21.3 Å². The van der Waals surface area contributed by atoms with Crippen molar-refractivity contribution in [2.24, 2.45) is 0 Å². The second-order valence-electron chi connectivity index (χ2n) is 11.0. The van der Waals surface area contributed by atoms with Gasteiger partial charge in [0.2, 0.25) is 23.6 Å². The molecular weight excluding hydrogens is 672 g/mol. The number of nitrogens with one attached hydrogen (secondary N) is 4. The highest BCUT2D eigenvalue weighted by Crippen LogP contribution is 2.22. The number of hydrogen-bond donors (Lipinski definition) is 9. The number of aliphatic hydroxyl groups is 4. The maximum absolute atomic E-state index is 13.3. The third-order valence-corrected chi connectivity index (χ3v) is 8.92. The molecule has 0 aliphatic carbocycles. The van der Waals surface area contributed by atoms with Crippen molar-refractivity contribution < 1.29 is 59.0 Å². The summed E-state index contributed by atoms with van der Waals surface area (Å²) in [6.07, 6.45) is -4.48. The molecule has 16 nitrogen and oxygen atoms in total. The van der Waals surface area contributed by atoms with Gasteiger partial charge >= 0.3 is 5.97 Å². The van der Waals surface area contributed by atoms with Crippen LogP contribution in [-0.4, -0.2) is 147 Å². The first-order valence-electron chi connectivity index (χ1n) is 15.3. The Bertz CT molecular complexity index is 1180. The molecule has 0 aromatic heterocycles. The molecule has 0 bridgehead atoms. The van der Waals surface area contributed by atoms with Crippen molar-refractivity contribution in [3.8, 4) is 0 Å². The molecule has 1 aliphatic rings. The molecular formula is C30H46N4O12S2. The summed E-state index contributed by atoms with van der Waals surface area (Å²) in [7, 11) is 0. The van der Waals surface area contributed by atoms with Gasteiger partial charge < -0.3 is 56.3 Å². The zero-order chi connectivity index (χ0) is 35.6. The molecule has 1 heterocycles. The molecule has 18 heteroatoms. The Labute approximate surface area is 287 Å². The lowest BCUT2D eigenvalue weighted by molar-refractivity contribution is -0.300. The van der Waals surface area contributed by atoms with Crippen LogP contribution in [0.1, 0.15) is 25.3 Å². The van der Waals surface area contributed by atoms with Crippen LogP contribution in [-0.2, 0) is 39.9 Å². The van der Waals surface area contributed by atoms with E-state index in [2.05, 4.69) is 21.3 Å². The zero-order valence-electron chi connectivity index (χ0n) is 26.8. The quantitative estimate of drug-likeness (QED) is 0.0601. The first-order chi connectivity index (χ1) is 22.9. The molecule has 1 aromatic carbocycles. The van der Waals surface area contributed by atoms with Crippen molar-refractivity contribution in [3.05, 3.63) is 35.9 Å². The highest BCUT2D eigenvalue weighted by molar-refractivity contribution is 7.99. The summed E-state index contributed by atoms with van der Waals surface area (Å²) in [5, 5.41) is 59.0. The summed E-state index contributed by atoms with van der Waals surface area (Å²) in [5.74, 6) is -2.72. The second kappa shape index (κ2) is 21.9. The smallest absolute Gasteiger partial charge is 0.326 e. The predicted molar refractivity (Wildman–Crippen MR) is 177 cm³/mol. The van der Waals surface area contributed by atoms with Gasteiger partial charge in [-0.15, -0.1) is 0 Å². The Morgan fingerprint density at radius 1 is 0.917 bits per heavy atom. The van der Waals surface area contributed by atoms with E-state index in [1.165, 1.54) is 30.4 Å². The lowest BCUT2D eigenvalue weighted by Crippen LogP contribution is -2.59. The van der Waals surface area contributed by atoms with Crippen LogP contribution in [0.4, 0.5) is 0 Å². The van der Waals surface area contributed by atoms with Gasteiger partial charge in [0.25, 0.3) is 0 Å². The van der Waals surface area contributed by atoms with Crippen LogP contribution in [0.2, 0.25) is 0 Å². The van der Waals surface area contributed by atoms with Crippen molar-refractivity contribution >= 4 is 53.1 Å². The van der Waals surface area contributed by atoms with Crippen LogP contribution in [0, 0.1) is 0 Å². The third-order valence-electron chi connectivity index (χ3n) is 7.12. The number of hydrogen-bond acceptors (Lipinski definition) is 13. The number of carbonyl (C=O) groups is 5. The SMILES string of the molecule is CSCC[C@H](NC(C)=O)C(=O)NCC(=O)N[C@@H](CSCCCO[C@@H]1O[C@H](CO)[C@@H](O)[C@H](O)[C@H]1O)C(=O)N[C@@H](Cc1ccccc1)C(=O)O. The molecule has 0 radical (unpaired) electrons. The number of thioether (sulfide) groups is 2. The van der Waals surface area contributed by atoms with E-state index in [0.29, 0.717) is 29.9 Å². The van der Waals surface area contributed by atoms with E-state index in [0.717, 1.165) is 0 Å². The molecule has 8 atom stereocenters. The maximum Gasteiger partial charge on any atom is 0.326 e. The highest BCUT2D eigenvalue weighted by atomic mass is 32.2. The van der Waals surface area contributed by atoms with Crippen LogP contribution < -0.4 is 21.3 Å². The fraction of sp³-hybridized carbons (Fsp3) is 0.633. The summed E-state index contributed by atoms with van der Waals surface area (Å²) >= 11 is 2.72. The largest absolute Gasteiger partial charge is 0.480 e. The number of aliphatic hydroxyl groups excluding tert-OH is 4. The van der Waals surface area contributed by atoms with Crippen molar-refractivity contribution in [1.29, 1.82) is 0 Å². The normalized spacial score (nSPS) is 22.5. The van der Waals surface area contributed by atoms with E-state index >= 15 is 0 Å². The maximum atomic E-state index is 13.3. The van der Waals surface area contributed by atoms with Gasteiger partial charge in [-0.25, -0.2) is 4.79 Å². The number of ether oxygens (including phenoxy) is 2. The van der Waals surface area contributed by atoms with Crippen LogP contribution in [0.5, 0.6) is 0 Å². The molecule has 4 amide bonds. The third kappa shape index (κ3) is 14.3. The van der Waals surface area contributed by atoms with Gasteiger partial charge in [-0.05, 0) is 36.2 Å². The lowest BCUT2D eigenvalue weighted by Gasteiger charge is -2.39. The number of carboxylic acids is 1. The molecule has 2 rings (SSSR count). The van der Waals surface area contributed by atoms with Gasteiger partial charge in [0.05, 0.1) is 19.8 Å². The summed E-state index contributed by atoms with van der Waals surface area (Å²) in [6.45, 7) is 0.217.